The Balaban J connectivity index is 1.96. The lowest BCUT2D eigenvalue weighted by Gasteiger charge is -2.21. The third kappa shape index (κ3) is 4.28. The van der Waals surface area contributed by atoms with Crippen LogP contribution in [0.15, 0.2) is 60.7 Å². The van der Waals surface area contributed by atoms with Gasteiger partial charge in [0.05, 0.1) is 16.1 Å². The zero-order valence-electron chi connectivity index (χ0n) is 13.6. The Morgan fingerprint density at radius 1 is 0.963 bits per heavy atom. The third-order valence-electron chi connectivity index (χ3n) is 3.94. The summed E-state index contributed by atoms with van der Waals surface area (Å²) in [6.45, 7) is 0. The van der Waals surface area contributed by atoms with Crippen LogP contribution in [0.25, 0.3) is 0 Å². The topological polar surface area (TPSA) is 44.9 Å². The van der Waals surface area contributed by atoms with Crippen molar-refractivity contribution in [3.8, 4) is 0 Å². The molecule has 0 aliphatic carbocycles. The molecule has 0 fully saturated rings. The molecule has 1 unspecified atom stereocenters. The highest BCUT2D eigenvalue weighted by Gasteiger charge is 2.33. The van der Waals surface area contributed by atoms with Crippen LogP contribution in [-0.2, 0) is 6.18 Å². The predicted octanol–water partition coefficient (Wildman–Crippen LogP) is 5.86. The number of carbonyl (C=O) groups is 1. The van der Waals surface area contributed by atoms with E-state index in [1.807, 2.05) is 6.07 Å². The van der Waals surface area contributed by atoms with Crippen LogP contribution >= 0.6 is 23.2 Å². The van der Waals surface area contributed by atoms with Gasteiger partial charge < -0.3 is 10.3 Å². The van der Waals surface area contributed by atoms with Crippen molar-refractivity contribution in [1.82, 2.24) is 10.3 Å². The van der Waals surface area contributed by atoms with Crippen LogP contribution in [0.3, 0.4) is 0 Å². The zero-order chi connectivity index (χ0) is 19.6. The summed E-state index contributed by atoms with van der Waals surface area (Å²) in [5, 5.41) is 3.29. The van der Waals surface area contributed by atoms with E-state index < -0.39 is 23.8 Å². The van der Waals surface area contributed by atoms with Crippen molar-refractivity contribution in [3.05, 3.63) is 93.2 Å². The van der Waals surface area contributed by atoms with Gasteiger partial charge in [0.25, 0.3) is 5.91 Å². The van der Waals surface area contributed by atoms with Gasteiger partial charge in [-0.2, -0.15) is 13.2 Å². The van der Waals surface area contributed by atoms with Gasteiger partial charge in [-0.25, -0.2) is 0 Å². The van der Waals surface area contributed by atoms with Crippen LogP contribution in [0.5, 0.6) is 0 Å². The van der Waals surface area contributed by atoms with Crippen molar-refractivity contribution < 1.29 is 18.0 Å². The summed E-state index contributed by atoms with van der Waals surface area (Å²) in [5.41, 5.74) is 0.0371. The van der Waals surface area contributed by atoms with Gasteiger partial charge in [-0.1, -0.05) is 65.7 Å². The molecular weight excluding hydrogens is 400 g/mol. The molecule has 1 atom stereocenters. The number of aromatic nitrogens is 1. The van der Waals surface area contributed by atoms with Crippen LogP contribution in [0, 0.1) is 0 Å². The molecule has 0 radical (unpaired) electrons. The first-order valence-electron chi connectivity index (χ1n) is 7.83. The number of benzene rings is 2. The van der Waals surface area contributed by atoms with E-state index in [0.29, 0.717) is 16.1 Å². The monoisotopic (exact) mass is 412 g/mol. The molecule has 3 nitrogen and oxygen atoms in total. The molecule has 3 rings (SSSR count). The fourth-order valence-corrected chi connectivity index (χ4v) is 3.05. The number of carbonyl (C=O) groups excluding carboxylic acids is 1. The highest BCUT2D eigenvalue weighted by Crippen LogP contribution is 2.33. The Hall–Kier alpha value is -2.44. The maximum Gasteiger partial charge on any atom is 0.431 e. The first-order valence-corrected chi connectivity index (χ1v) is 8.59. The van der Waals surface area contributed by atoms with Crippen LogP contribution in [0.2, 0.25) is 10.0 Å². The molecule has 1 aromatic heterocycles. The molecule has 1 heterocycles. The van der Waals surface area contributed by atoms with Gasteiger partial charge in [-0.3, -0.25) is 4.79 Å². The number of hydrogen-bond donors (Lipinski definition) is 2. The molecule has 2 aromatic carbocycles. The second kappa shape index (κ2) is 7.66. The van der Waals surface area contributed by atoms with E-state index in [4.69, 9.17) is 23.2 Å². The van der Waals surface area contributed by atoms with E-state index >= 15 is 0 Å². The molecule has 0 aliphatic heterocycles. The number of rotatable bonds is 4. The number of halogens is 5. The number of amides is 1. The van der Waals surface area contributed by atoms with Crippen molar-refractivity contribution in [2.24, 2.45) is 0 Å². The van der Waals surface area contributed by atoms with E-state index in [2.05, 4.69) is 10.3 Å². The first kappa shape index (κ1) is 19.3. The van der Waals surface area contributed by atoms with Gasteiger partial charge in [0.15, 0.2) is 0 Å². The summed E-state index contributed by atoms with van der Waals surface area (Å²) >= 11 is 12.4. The predicted molar refractivity (Wildman–Crippen MR) is 98.0 cm³/mol. The van der Waals surface area contributed by atoms with Crippen LogP contribution in [-0.4, -0.2) is 10.9 Å². The molecule has 1 amide bonds. The van der Waals surface area contributed by atoms with Gasteiger partial charge in [0.2, 0.25) is 0 Å². The molecule has 0 bridgehead atoms. The number of H-pyrrole nitrogens is 1. The van der Waals surface area contributed by atoms with Gasteiger partial charge in [-0.05, 0) is 29.3 Å². The lowest BCUT2D eigenvalue weighted by Crippen LogP contribution is -2.30. The Morgan fingerprint density at radius 2 is 1.67 bits per heavy atom. The maximum atomic E-state index is 12.8. The summed E-state index contributed by atoms with van der Waals surface area (Å²) in [5.74, 6) is -0.699. The summed E-state index contributed by atoms with van der Waals surface area (Å²) in [4.78, 5) is 14.6. The van der Waals surface area contributed by atoms with Gasteiger partial charge in [0, 0.05) is 0 Å². The highest BCUT2D eigenvalue weighted by atomic mass is 35.5. The smallest absolute Gasteiger partial charge is 0.347 e. The Kier molecular flexibility index (Phi) is 5.48. The fourth-order valence-electron chi connectivity index (χ4n) is 2.63. The SMILES string of the molecule is O=C(NC(c1ccccc1)c1cccc(Cl)c1Cl)c1ccc(C(F)(F)F)[nH]1. The third-order valence-corrected chi connectivity index (χ3v) is 4.77. The van der Waals surface area contributed by atoms with Crippen molar-refractivity contribution in [2.45, 2.75) is 12.2 Å². The van der Waals surface area contributed by atoms with E-state index in [0.717, 1.165) is 12.1 Å². The Labute approximate surface area is 163 Å². The minimum atomic E-state index is -4.56. The summed E-state index contributed by atoms with van der Waals surface area (Å²) in [6, 6.07) is 15.1. The Morgan fingerprint density at radius 3 is 2.30 bits per heavy atom. The van der Waals surface area contributed by atoms with Crippen molar-refractivity contribution in [2.75, 3.05) is 0 Å². The lowest BCUT2D eigenvalue weighted by molar-refractivity contribution is -0.140. The number of alkyl halides is 3. The lowest BCUT2D eigenvalue weighted by atomic mass is 9.98. The second-order valence-corrected chi connectivity index (χ2v) is 6.53. The normalized spacial score (nSPS) is 12.6. The molecule has 0 saturated heterocycles. The number of aromatic amines is 1. The van der Waals surface area contributed by atoms with Crippen molar-refractivity contribution >= 4 is 29.1 Å². The minimum absolute atomic E-state index is 0.207. The van der Waals surface area contributed by atoms with E-state index in [-0.39, 0.29) is 10.7 Å². The highest BCUT2D eigenvalue weighted by molar-refractivity contribution is 6.42. The van der Waals surface area contributed by atoms with E-state index in [9.17, 15) is 18.0 Å². The maximum absolute atomic E-state index is 12.8. The van der Waals surface area contributed by atoms with Crippen LogP contribution in [0.4, 0.5) is 13.2 Å². The molecule has 0 aliphatic rings. The molecule has 0 spiro atoms. The molecule has 3 aromatic rings. The minimum Gasteiger partial charge on any atom is -0.347 e. The van der Waals surface area contributed by atoms with Gasteiger partial charge in [0.1, 0.15) is 11.4 Å². The summed E-state index contributed by atoms with van der Waals surface area (Å²) < 4.78 is 38.3. The van der Waals surface area contributed by atoms with Crippen molar-refractivity contribution in [3.63, 3.8) is 0 Å². The van der Waals surface area contributed by atoms with E-state index in [1.165, 1.54) is 0 Å². The van der Waals surface area contributed by atoms with E-state index in [1.54, 1.807) is 42.5 Å². The first-order chi connectivity index (χ1) is 12.8. The number of hydrogen-bond acceptors (Lipinski definition) is 1. The molecule has 8 heteroatoms. The zero-order valence-corrected chi connectivity index (χ0v) is 15.2. The summed E-state index contributed by atoms with van der Waals surface area (Å²) in [7, 11) is 0. The fraction of sp³-hybridized carbons (Fsp3) is 0.105. The van der Waals surface area contributed by atoms with Gasteiger partial charge in [-0.15, -0.1) is 0 Å². The molecule has 140 valence electrons. The largest absolute Gasteiger partial charge is 0.431 e. The average molecular weight is 413 g/mol. The van der Waals surface area contributed by atoms with Gasteiger partial charge >= 0.3 is 6.18 Å². The summed E-state index contributed by atoms with van der Waals surface area (Å²) in [6.07, 6.45) is -4.56. The quantitative estimate of drug-likeness (QED) is 0.553. The Bertz CT molecular complexity index is 955. The molecule has 0 saturated carbocycles. The van der Waals surface area contributed by atoms with Crippen molar-refractivity contribution in [1.29, 1.82) is 0 Å². The van der Waals surface area contributed by atoms with Crippen LogP contribution in [0.1, 0.15) is 33.4 Å². The molecule has 2 N–H and O–H groups in total. The average Bonchev–Trinajstić information content (AvgIpc) is 3.14. The van der Waals surface area contributed by atoms with Crippen LogP contribution < -0.4 is 5.32 Å². The second-order valence-electron chi connectivity index (χ2n) is 5.74. The number of nitrogens with one attached hydrogen (secondary N) is 2. The molecule has 27 heavy (non-hydrogen) atoms. The standard InChI is InChI=1S/C19H13Cl2F3N2O/c20-13-8-4-7-12(16(13)21)17(11-5-2-1-3-6-11)26-18(27)14-9-10-15(25-14)19(22,23)24/h1-10,17,25H,(H,26,27). The molecular formula is C19H13Cl2F3N2O.